The van der Waals surface area contributed by atoms with E-state index in [2.05, 4.69) is 43.9 Å². The molecule has 0 atom stereocenters. The lowest BCUT2D eigenvalue weighted by atomic mass is 10.3. The van der Waals surface area contributed by atoms with E-state index >= 15 is 0 Å². The van der Waals surface area contributed by atoms with Crippen LogP contribution in [0.15, 0.2) is 22.0 Å². The number of hydrogen-bond acceptors (Lipinski definition) is 3. The highest BCUT2D eigenvalue weighted by Gasteiger charge is 2.10. The fourth-order valence-corrected chi connectivity index (χ4v) is 3.16. The molecule has 0 amide bonds. The first-order chi connectivity index (χ1) is 8.13. The van der Waals surface area contributed by atoms with Gasteiger partial charge in [-0.1, -0.05) is 0 Å². The van der Waals surface area contributed by atoms with Gasteiger partial charge in [0.05, 0.1) is 14.2 Å². The van der Waals surface area contributed by atoms with Gasteiger partial charge >= 0.3 is 0 Å². The molecule has 0 spiro atoms. The second kappa shape index (κ2) is 3.92. The first-order valence-corrected chi connectivity index (χ1v) is 6.84. The Morgan fingerprint density at radius 3 is 2.76 bits per heavy atom. The van der Waals surface area contributed by atoms with Gasteiger partial charge in [0.2, 0.25) is 0 Å². The van der Waals surface area contributed by atoms with Crippen LogP contribution in [0.5, 0.6) is 0 Å². The fourth-order valence-electron chi connectivity index (χ4n) is 1.68. The van der Waals surface area contributed by atoms with Gasteiger partial charge in [-0.15, -0.1) is 11.3 Å². The summed E-state index contributed by atoms with van der Waals surface area (Å²) in [6, 6.07) is 6.13. The minimum absolute atomic E-state index is 0.780. The van der Waals surface area contributed by atoms with Crippen LogP contribution in [0, 0.1) is 13.8 Å². The zero-order valence-corrected chi connectivity index (χ0v) is 11.8. The molecular weight excluding hydrogens is 298 g/mol. The smallest absolute Gasteiger partial charge is 0.178 e. The molecule has 3 nitrogen and oxygen atoms in total. The van der Waals surface area contributed by atoms with E-state index in [9.17, 15) is 0 Å². The summed E-state index contributed by atoms with van der Waals surface area (Å²) >= 11 is 5.21. The van der Waals surface area contributed by atoms with E-state index in [1.165, 1.54) is 5.56 Å². The molecule has 0 saturated carbocycles. The molecule has 3 rings (SSSR count). The van der Waals surface area contributed by atoms with Crippen molar-refractivity contribution >= 4 is 38.4 Å². The van der Waals surface area contributed by atoms with Crippen LogP contribution in [0.4, 0.5) is 0 Å². The number of pyridine rings is 1. The van der Waals surface area contributed by atoms with Crippen LogP contribution in [0.3, 0.4) is 0 Å². The van der Waals surface area contributed by atoms with Crippen molar-refractivity contribution in [3.8, 4) is 10.7 Å². The topological polar surface area (TPSA) is 41.6 Å². The third kappa shape index (κ3) is 1.89. The predicted molar refractivity (Wildman–Crippen MR) is 74.4 cm³/mol. The van der Waals surface area contributed by atoms with Gasteiger partial charge in [-0.2, -0.15) is 0 Å². The van der Waals surface area contributed by atoms with E-state index in [1.807, 2.05) is 19.1 Å². The van der Waals surface area contributed by atoms with Gasteiger partial charge < -0.3 is 4.98 Å². The quantitative estimate of drug-likeness (QED) is 0.736. The zero-order valence-electron chi connectivity index (χ0n) is 9.41. The van der Waals surface area contributed by atoms with Crippen LogP contribution in [-0.2, 0) is 0 Å². The van der Waals surface area contributed by atoms with E-state index in [0.29, 0.717) is 0 Å². The summed E-state index contributed by atoms with van der Waals surface area (Å²) in [5.74, 6) is 0.886. The highest BCUT2D eigenvalue weighted by molar-refractivity contribution is 9.11. The number of halogens is 1. The molecule has 0 radical (unpaired) electrons. The Balaban J connectivity index is 2.17. The Labute approximate surface area is 111 Å². The Bertz CT molecular complexity index is 679. The summed E-state index contributed by atoms with van der Waals surface area (Å²) in [6.45, 7) is 4.05. The van der Waals surface area contributed by atoms with E-state index < -0.39 is 0 Å². The molecule has 5 heteroatoms. The summed E-state index contributed by atoms with van der Waals surface area (Å²) in [5.41, 5.74) is 3.98. The lowest BCUT2D eigenvalue weighted by Gasteiger charge is -1.88. The molecule has 0 aliphatic carbocycles. The van der Waals surface area contributed by atoms with Crippen molar-refractivity contribution in [3.05, 3.63) is 33.2 Å². The average molecular weight is 308 g/mol. The SMILES string of the molecule is Cc1ccc2[nH]c(-c3cc(C)c(Br)s3)nc2n1. The predicted octanol–water partition coefficient (Wildman–Crippen LogP) is 4.07. The van der Waals surface area contributed by atoms with Crippen molar-refractivity contribution in [1.82, 2.24) is 15.0 Å². The number of aryl methyl sites for hydroxylation is 2. The van der Waals surface area contributed by atoms with Crippen LogP contribution in [0.2, 0.25) is 0 Å². The largest absolute Gasteiger partial charge is 0.336 e. The summed E-state index contributed by atoms with van der Waals surface area (Å²) in [7, 11) is 0. The molecule has 0 bridgehead atoms. The molecule has 0 aliphatic rings. The normalized spacial score (nSPS) is 11.2. The van der Waals surface area contributed by atoms with Crippen molar-refractivity contribution in [2.45, 2.75) is 13.8 Å². The van der Waals surface area contributed by atoms with Crippen LogP contribution in [0.25, 0.3) is 21.9 Å². The number of H-pyrrole nitrogens is 1. The molecule has 3 aromatic heterocycles. The summed E-state index contributed by atoms with van der Waals surface area (Å²) < 4.78 is 1.15. The third-order valence-corrected chi connectivity index (χ3v) is 4.72. The van der Waals surface area contributed by atoms with Gasteiger partial charge in [0.1, 0.15) is 0 Å². The minimum atomic E-state index is 0.780. The molecule has 0 fully saturated rings. The maximum Gasteiger partial charge on any atom is 0.178 e. The minimum Gasteiger partial charge on any atom is -0.336 e. The summed E-state index contributed by atoms with van der Waals surface area (Å²) in [5, 5.41) is 0. The molecule has 86 valence electrons. The molecule has 0 unspecified atom stereocenters. The maximum absolute atomic E-state index is 4.52. The number of aromatic nitrogens is 3. The molecule has 0 aliphatic heterocycles. The van der Waals surface area contributed by atoms with E-state index in [0.717, 1.165) is 31.3 Å². The van der Waals surface area contributed by atoms with Crippen LogP contribution >= 0.6 is 27.3 Å². The summed E-state index contributed by atoms with van der Waals surface area (Å²) in [6.07, 6.45) is 0. The van der Waals surface area contributed by atoms with Crippen molar-refractivity contribution in [2.75, 3.05) is 0 Å². The number of hydrogen-bond donors (Lipinski definition) is 1. The van der Waals surface area contributed by atoms with E-state index in [4.69, 9.17) is 0 Å². The zero-order chi connectivity index (χ0) is 12.0. The highest BCUT2D eigenvalue weighted by atomic mass is 79.9. The second-order valence-electron chi connectivity index (χ2n) is 3.98. The third-order valence-electron chi connectivity index (χ3n) is 2.58. The van der Waals surface area contributed by atoms with Crippen molar-refractivity contribution in [1.29, 1.82) is 0 Å². The van der Waals surface area contributed by atoms with Crippen molar-refractivity contribution in [3.63, 3.8) is 0 Å². The number of aromatic amines is 1. The number of fused-ring (bicyclic) bond motifs is 1. The van der Waals surface area contributed by atoms with Crippen LogP contribution in [0.1, 0.15) is 11.3 Å². The molecule has 3 heterocycles. The van der Waals surface area contributed by atoms with E-state index in [1.54, 1.807) is 11.3 Å². The Morgan fingerprint density at radius 1 is 1.24 bits per heavy atom. The van der Waals surface area contributed by atoms with Gasteiger partial charge in [0.25, 0.3) is 0 Å². The molecule has 0 saturated heterocycles. The fraction of sp³-hybridized carbons (Fsp3) is 0.167. The molecule has 0 aromatic carbocycles. The lowest BCUT2D eigenvalue weighted by molar-refractivity contribution is 1.22. The highest BCUT2D eigenvalue weighted by Crippen LogP contribution is 2.33. The Kier molecular flexibility index (Phi) is 2.52. The van der Waals surface area contributed by atoms with Crippen LogP contribution < -0.4 is 0 Å². The molecule has 17 heavy (non-hydrogen) atoms. The number of rotatable bonds is 1. The maximum atomic E-state index is 4.52. The number of nitrogens with one attached hydrogen (secondary N) is 1. The molecule has 1 N–H and O–H groups in total. The average Bonchev–Trinajstić information content (AvgIpc) is 2.83. The van der Waals surface area contributed by atoms with E-state index in [-0.39, 0.29) is 0 Å². The number of thiophene rings is 1. The second-order valence-corrected chi connectivity index (χ2v) is 6.35. The monoisotopic (exact) mass is 307 g/mol. The first kappa shape index (κ1) is 10.9. The van der Waals surface area contributed by atoms with Gasteiger partial charge in [-0.05, 0) is 53.5 Å². The number of nitrogens with zero attached hydrogens (tertiary/aromatic N) is 2. The van der Waals surface area contributed by atoms with Gasteiger partial charge in [0.15, 0.2) is 11.5 Å². The van der Waals surface area contributed by atoms with Crippen molar-refractivity contribution in [2.24, 2.45) is 0 Å². The molecular formula is C12H10BrN3S. The standard InChI is InChI=1S/C12H10BrN3S/c1-6-5-9(17-10(6)13)12-15-8-4-3-7(2)14-11(8)16-12/h3-5H,1-2H3,(H,14,15,16). The number of imidazole rings is 1. The van der Waals surface area contributed by atoms with Crippen LogP contribution in [-0.4, -0.2) is 15.0 Å². The lowest BCUT2D eigenvalue weighted by Crippen LogP contribution is -1.80. The van der Waals surface area contributed by atoms with Gasteiger partial charge in [-0.3, -0.25) is 0 Å². The Morgan fingerprint density at radius 2 is 2.06 bits per heavy atom. The van der Waals surface area contributed by atoms with Crippen molar-refractivity contribution < 1.29 is 0 Å². The Hall–Kier alpha value is -1.20. The summed E-state index contributed by atoms with van der Waals surface area (Å²) in [4.78, 5) is 13.3. The van der Waals surface area contributed by atoms with Gasteiger partial charge in [-0.25, -0.2) is 9.97 Å². The molecule has 3 aromatic rings. The first-order valence-electron chi connectivity index (χ1n) is 5.23. The van der Waals surface area contributed by atoms with Gasteiger partial charge in [0, 0.05) is 5.69 Å².